The van der Waals surface area contributed by atoms with Crippen LogP contribution in [0.4, 0.5) is 5.13 Å². The molecule has 0 saturated carbocycles. The number of nitrogens with one attached hydrogen (secondary N) is 1. The fourth-order valence-electron chi connectivity index (χ4n) is 2.13. The number of thiazole rings is 1. The standard InChI is InChI=1S/C16H13N3O2S3/c1-10(13(20)18-15-17-7-8-23-15)19-14(21)12(24-16(19)22)9-11-5-3-2-4-6-11/h2-10H,1H3,(H,17,18,20)/b12-9-. The van der Waals surface area contributed by atoms with E-state index in [9.17, 15) is 9.59 Å². The quantitative estimate of drug-likeness (QED) is 0.656. The fraction of sp³-hybridized carbons (Fsp3) is 0.125. The largest absolute Gasteiger partial charge is 0.300 e. The summed E-state index contributed by atoms with van der Waals surface area (Å²) >= 11 is 7.81. The molecule has 1 aromatic heterocycles. The summed E-state index contributed by atoms with van der Waals surface area (Å²) in [5.41, 5.74) is 0.915. The highest BCUT2D eigenvalue weighted by atomic mass is 32.2. The average Bonchev–Trinajstić information content (AvgIpc) is 3.16. The Balaban J connectivity index is 1.76. The first-order valence-electron chi connectivity index (χ1n) is 7.09. The first-order chi connectivity index (χ1) is 11.6. The van der Waals surface area contributed by atoms with Gasteiger partial charge in [0.1, 0.15) is 10.4 Å². The molecule has 0 spiro atoms. The average molecular weight is 376 g/mol. The second kappa shape index (κ2) is 7.25. The summed E-state index contributed by atoms with van der Waals surface area (Å²) in [5.74, 6) is -0.571. The fourth-order valence-corrected chi connectivity index (χ4v) is 4.08. The Morgan fingerprint density at radius 1 is 1.38 bits per heavy atom. The van der Waals surface area contributed by atoms with Gasteiger partial charge < -0.3 is 5.32 Å². The number of anilines is 1. The first kappa shape index (κ1) is 16.8. The van der Waals surface area contributed by atoms with Crippen LogP contribution in [0.1, 0.15) is 12.5 Å². The number of carbonyl (C=O) groups excluding carboxylic acids is 2. The van der Waals surface area contributed by atoms with Gasteiger partial charge in [-0.2, -0.15) is 0 Å². The van der Waals surface area contributed by atoms with E-state index >= 15 is 0 Å². The number of aromatic nitrogens is 1. The van der Waals surface area contributed by atoms with Gasteiger partial charge in [0.25, 0.3) is 5.91 Å². The number of hydrogen-bond donors (Lipinski definition) is 1. The zero-order valence-electron chi connectivity index (χ0n) is 12.6. The molecule has 2 heterocycles. The number of thiocarbonyl (C=S) groups is 1. The van der Waals surface area contributed by atoms with Crippen LogP contribution in [0.2, 0.25) is 0 Å². The highest BCUT2D eigenvalue weighted by molar-refractivity contribution is 8.26. The molecule has 1 atom stereocenters. The molecule has 24 heavy (non-hydrogen) atoms. The molecular formula is C16H13N3O2S3. The van der Waals surface area contributed by atoms with Gasteiger partial charge in [-0.25, -0.2) is 4.98 Å². The summed E-state index contributed by atoms with van der Waals surface area (Å²) in [7, 11) is 0. The molecule has 0 aliphatic carbocycles. The molecule has 5 nitrogen and oxygen atoms in total. The van der Waals surface area contributed by atoms with E-state index in [1.54, 1.807) is 24.6 Å². The van der Waals surface area contributed by atoms with E-state index in [-0.39, 0.29) is 11.8 Å². The van der Waals surface area contributed by atoms with Gasteiger partial charge >= 0.3 is 0 Å². The Morgan fingerprint density at radius 2 is 2.12 bits per heavy atom. The molecule has 0 bridgehead atoms. The number of rotatable bonds is 4. The Morgan fingerprint density at radius 3 is 2.79 bits per heavy atom. The molecule has 1 aliphatic heterocycles. The van der Waals surface area contributed by atoms with E-state index in [4.69, 9.17) is 12.2 Å². The van der Waals surface area contributed by atoms with Gasteiger partial charge in [0.05, 0.1) is 4.91 Å². The van der Waals surface area contributed by atoms with E-state index in [1.165, 1.54) is 28.0 Å². The molecule has 1 N–H and O–H groups in total. The second-order valence-corrected chi connectivity index (χ2v) is 7.54. The lowest BCUT2D eigenvalue weighted by Gasteiger charge is -2.21. The predicted octanol–water partition coefficient (Wildman–Crippen LogP) is 3.37. The van der Waals surface area contributed by atoms with Gasteiger partial charge in [0.15, 0.2) is 5.13 Å². The molecule has 8 heteroatoms. The van der Waals surface area contributed by atoms with Gasteiger partial charge in [0.2, 0.25) is 5.91 Å². The molecule has 1 aliphatic rings. The minimum atomic E-state index is -0.705. The highest BCUT2D eigenvalue weighted by Crippen LogP contribution is 2.34. The minimum absolute atomic E-state index is 0.254. The number of carbonyl (C=O) groups is 2. The van der Waals surface area contributed by atoms with Gasteiger partial charge in [-0.15, -0.1) is 11.3 Å². The number of nitrogens with zero attached hydrogens (tertiary/aromatic N) is 2. The van der Waals surface area contributed by atoms with Gasteiger partial charge in [-0.3, -0.25) is 14.5 Å². The van der Waals surface area contributed by atoms with Crippen LogP contribution in [-0.4, -0.2) is 32.1 Å². The van der Waals surface area contributed by atoms with Crippen LogP contribution < -0.4 is 5.32 Å². The second-order valence-electron chi connectivity index (χ2n) is 4.96. The van der Waals surface area contributed by atoms with Crippen LogP contribution in [0, 0.1) is 0 Å². The molecule has 2 amide bonds. The SMILES string of the molecule is CC(C(=O)Nc1nccs1)N1C(=O)/C(=C/c2ccccc2)SC1=S. The van der Waals surface area contributed by atoms with Crippen LogP contribution in [0.5, 0.6) is 0 Å². The third-order valence-electron chi connectivity index (χ3n) is 3.35. The summed E-state index contributed by atoms with van der Waals surface area (Å²) in [6, 6.07) is 8.82. The third-order valence-corrected chi connectivity index (χ3v) is 5.37. The van der Waals surface area contributed by atoms with E-state index < -0.39 is 6.04 Å². The number of benzene rings is 1. The van der Waals surface area contributed by atoms with Crippen molar-refractivity contribution in [2.75, 3.05) is 5.32 Å². The minimum Gasteiger partial charge on any atom is -0.300 e. The Kier molecular flexibility index (Phi) is 5.08. The van der Waals surface area contributed by atoms with Crippen LogP contribution in [-0.2, 0) is 9.59 Å². The lowest BCUT2D eigenvalue weighted by Crippen LogP contribution is -2.44. The molecule has 122 valence electrons. The van der Waals surface area contributed by atoms with Crippen LogP contribution in [0.15, 0.2) is 46.8 Å². The number of amides is 2. The number of hydrogen-bond acceptors (Lipinski definition) is 6. The highest BCUT2D eigenvalue weighted by Gasteiger charge is 2.38. The summed E-state index contributed by atoms with van der Waals surface area (Å²) in [6.45, 7) is 1.65. The zero-order chi connectivity index (χ0) is 17.1. The summed E-state index contributed by atoms with van der Waals surface area (Å²) in [6.07, 6.45) is 3.39. The molecule has 1 fully saturated rings. The van der Waals surface area contributed by atoms with Crippen molar-refractivity contribution in [1.82, 2.24) is 9.88 Å². The monoisotopic (exact) mass is 375 g/mol. The van der Waals surface area contributed by atoms with Crippen molar-refractivity contribution in [2.45, 2.75) is 13.0 Å². The topological polar surface area (TPSA) is 62.3 Å². The van der Waals surface area contributed by atoms with Crippen molar-refractivity contribution in [3.05, 3.63) is 52.4 Å². The van der Waals surface area contributed by atoms with E-state index in [0.717, 1.165) is 5.56 Å². The summed E-state index contributed by atoms with van der Waals surface area (Å²) in [5, 5.41) is 4.95. The van der Waals surface area contributed by atoms with Crippen molar-refractivity contribution >= 4 is 62.7 Å². The van der Waals surface area contributed by atoms with E-state index in [2.05, 4.69) is 10.3 Å². The van der Waals surface area contributed by atoms with Crippen molar-refractivity contribution in [3.8, 4) is 0 Å². The van der Waals surface area contributed by atoms with Crippen molar-refractivity contribution < 1.29 is 9.59 Å². The molecule has 1 aromatic carbocycles. The van der Waals surface area contributed by atoms with Crippen LogP contribution >= 0.6 is 35.3 Å². The van der Waals surface area contributed by atoms with Crippen molar-refractivity contribution in [3.63, 3.8) is 0 Å². The Bertz CT molecular complexity index is 803. The maximum Gasteiger partial charge on any atom is 0.266 e. The lowest BCUT2D eigenvalue weighted by atomic mass is 10.2. The smallest absolute Gasteiger partial charge is 0.266 e. The first-order valence-corrected chi connectivity index (χ1v) is 9.19. The maximum absolute atomic E-state index is 12.6. The zero-order valence-corrected chi connectivity index (χ0v) is 15.1. The van der Waals surface area contributed by atoms with E-state index in [1.807, 2.05) is 30.3 Å². The molecule has 3 rings (SSSR count). The number of thioether (sulfide) groups is 1. The van der Waals surface area contributed by atoms with E-state index in [0.29, 0.717) is 14.4 Å². The molecule has 1 saturated heterocycles. The molecule has 1 unspecified atom stereocenters. The third kappa shape index (κ3) is 3.55. The summed E-state index contributed by atoms with van der Waals surface area (Å²) in [4.78, 5) is 30.8. The van der Waals surface area contributed by atoms with Crippen LogP contribution in [0.3, 0.4) is 0 Å². The Labute approximate surface area is 152 Å². The van der Waals surface area contributed by atoms with Gasteiger partial charge in [-0.05, 0) is 18.6 Å². The molecule has 2 aromatic rings. The summed E-state index contributed by atoms with van der Waals surface area (Å²) < 4.78 is 0.379. The van der Waals surface area contributed by atoms with Gasteiger partial charge in [0, 0.05) is 11.6 Å². The molecular weight excluding hydrogens is 362 g/mol. The Hall–Kier alpha value is -2.03. The lowest BCUT2D eigenvalue weighted by molar-refractivity contribution is -0.129. The van der Waals surface area contributed by atoms with Gasteiger partial charge in [-0.1, -0.05) is 54.3 Å². The normalized spacial score (nSPS) is 17.4. The van der Waals surface area contributed by atoms with Crippen molar-refractivity contribution in [2.24, 2.45) is 0 Å². The van der Waals surface area contributed by atoms with Crippen LogP contribution in [0.25, 0.3) is 6.08 Å². The maximum atomic E-state index is 12.6. The molecule has 0 radical (unpaired) electrons. The van der Waals surface area contributed by atoms with Crippen molar-refractivity contribution in [1.29, 1.82) is 0 Å². The predicted molar refractivity (Wildman–Crippen MR) is 102 cm³/mol.